The highest BCUT2D eigenvalue weighted by Gasteiger charge is 2.27. The van der Waals surface area contributed by atoms with E-state index in [0.717, 1.165) is 36.2 Å². The second-order valence-electron chi connectivity index (χ2n) is 7.06. The maximum atomic E-state index is 12.8. The first kappa shape index (κ1) is 17.4. The fraction of sp³-hybridized carbons (Fsp3) is 0.250. The summed E-state index contributed by atoms with van der Waals surface area (Å²) >= 11 is 0. The summed E-state index contributed by atoms with van der Waals surface area (Å²) in [5, 5.41) is 7.14. The third-order valence-corrected chi connectivity index (χ3v) is 5.12. The molecular formula is C20H20N8O. The number of carbonyl (C=O) groups excluding carboxylic acids is 1. The van der Waals surface area contributed by atoms with Gasteiger partial charge in [-0.3, -0.25) is 10.1 Å². The minimum absolute atomic E-state index is 0.0323. The zero-order valence-electron chi connectivity index (χ0n) is 15.7. The molecule has 0 bridgehead atoms. The molecule has 1 aliphatic heterocycles. The molecule has 0 aliphatic carbocycles. The Morgan fingerprint density at radius 2 is 2.07 bits per heavy atom. The van der Waals surface area contributed by atoms with Gasteiger partial charge in [-0.25, -0.2) is 19.6 Å². The number of hydrogen-bond donors (Lipinski definition) is 2. The second kappa shape index (κ2) is 7.34. The fourth-order valence-electron chi connectivity index (χ4n) is 3.67. The number of benzene rings is 1. The van der Waals surface area contributed by atoms with Crippen molar-refractivity contribution in [2.75, 3.05) is 23.3 Å². The number of nitrogens with zero attached hydrogens (tertiary/aromatic N) is 6. The topological polar surface area (TPSA) is 105 Å². The molecule has 1 fully saturated rings. The van der Waals surface area contributed by atoms with E-state index < -0.39 is 0 Å². The lowest BCUT2D eigenvalue weighted by Gasteiger charge is -2.32. The Morgan fingerprint density at radius 1 is 1.17 bits per heavy atom. The predicted molar refractivity (Wildman–Crippen MR) is 109 cm³/mol. The van der Waals surface area contributed by atoms with Crippen LogP contribution in [-0.4, -0.2) is 48.7 Å². The van der Waals surface area contributed by atoms with Crippen LogP contribution in [0.3, 0.4) is 0 Å². The number of carbonyl (C=O) groups is 1. The standard InChI is InChI=1S/C20H20N8O/c29-19(26-20-24-15-6-1-2-7-16(15)25-20)14-5-3-9-27(12-14)17-11-18(22-13-21-17)28-10-4-8-23-28/h1-2,4,6-8,10-11,13-14H,3,5,9,12H2,(H2,24,25,26,29)/t14-/m1/s1. The SMILES string of the molecule is O=C(Nc1nc2ccccc2[nH]1)[C@@H]1CCCN(c2cc(-n3cccn3)ncn2)C1. The number of hydrogen-bond acceptors (Lipinski definition) is 6. The van der Waals surface area contributed by atoms with Crippen molar-refractivity contribution < 1.29 is 4.79 Å². The molecule has 0 unspecified atom stereocenters. The highest BCUT2D eigenvalue weighted by atomic mass is 16.2. The number of H-pyrrole nitrogens is 1. The van der Waals surface area contributed by atoms with E-state index in [2.05, 4.69) is 35.3 Å². The molecular weight excluding hydrogens is 368 g/mol. The molecule has 0 saturated carbocycles. The molecule has 1 amide bonds. The number of piperidine rings is 1. The van der Waals surface area contributed by atoms with E-state index in [1.807, 2.05) is 42.6 Å². The summed E-state index contributed by atoms with van der Waals surface area (Å²) in [4.78, 5) is 31.2. The van der Waals surface area contributed by atoms with Crippen LogP contribution in [0, 0.1) is 5.92 Å². The zero-order valence-corrected chi connectivity index (χ0v) is 15.7. The first-order valence-electron chi connectivity index (χ1n) is 9.59. The minimum atomic E-state index is -0.139. The summed E-state index contributed by atoms with van der Waals surface area (Å²) < 4.78 is 1.70. The van der Waals surface area contributed by atoms with Crippen molar-refractivity contribution in [2.24, 2.45) is 5.92 Å². The summed E-state index contributed by atoms with van der Waals surface area (Å²) in [7, 11) is 0. The zero-order chi connectivity index (χ0) is 19.6. The Balaban J connectivity index is 1.30. The van der Waals surface area contributed by atoms with Crippen molar-refractivity contribution >= 4 is 28.7 Å². The summed E-state index contributed by atoms with van der Waals surface area (Å²) in [5.74, 6) is 1.81. The van der Waals surface area contributed by atoms with Crippen LogP contribution < -0.4 is 10.2 Å². The fourth-order valence-corrected chi connectivity index (χ4v) is 3.67. The highest BCUT2D eigenvalue weighted by Crippen LogP contribution is 2.24. The number of para-hydroxylation sites is 2. The van der Waals surface area contributed by atoms with Gasteiger partial charge in [0.15, 0.2) is 5.82 Å². The van der Waals surface area contributed by atoms with Gasteiger partial charge in [0.25, 0.3) is 0 Å². The smallest absolute Gasteiger partial charge is 0.231 e. The van der Waals surface area contributed by atoms with Gasteiger partial charge in [-0.1, -0.05) is 12.1 Å². The van der Waals surface area contributed by atoms with Crippen LogP contribution in [0.15, 0.2) is 55.1 Å². The molecule has 2 N–H and O–H groups in total. The lowest BCUT2D eigenvalue weighted by Crippen LogP contribution is -2.41. The molecule has 146 valence electrons. The average molecular weight is 388 g/mol. The molecule has 1 aromatic carbocycles. The number of nitrogens with one attached hydrogen (secondary N) is 2. The van der Waals surface area contributed by atoms with Gasteiger partial charge in [-0.15, -0.1) is 0 Å². The van der Waals surface area contributed by atoms with E-state index >= 15 is 0 Å². The van der Waals surface area contributed by atoms with Crippen LogP contribution in [-0.2, 0) is 4.79 Å². The van der Waals surface area contributed by atoms with E-state index in [1.54, 1.807) is 10.9 Å². The molecule has 9 heteroatoms. The number of fused-ring (bicyclic) bond motifs is 1. The molecule has 1 atom stereocenters. The molecule has 29 heavy (non-hydrogen) atoms. The molecule has 0 radical (unpaired) electrons. The predicted octanol–water partition coefficient (Wildman–Crippen LogP) is 2.39. The van der Waals surface area contributed by atoms with Gasteiger partial charge in [0, 0.05) is 31.5 Å². The van der Waals surface area contributed by atoms with Crippen LogP contribution in [0.2, 0.25) is 0 Å². The van der Waals surface area contributed by atoms with E-state index in [9.17, 15) is 4.79 Å². The molecule has 1 saturated heterocycles. The van der Waals surface area contributed by atoms with E-state index in [4.69, 9.17) is 0 Å². The number of imidazole rings is 1. The Morgan fingerprint density at radius 3 is 2.93 bits per heavy atom. The van der Waals surface area contributed by atoms with Crippen LogP contribution in [0.5, 0.6) is 0 Å². The lowest BCUT2D eigenvalue weighted by atomic mass is 9.97. The minimum Gasteiger partial charge on any atom is -0.356 e. The van der Waals surface area contributed by atoms with Crippen molar-refractivity contribution in [1.82, 2.24) is 29.7 Å². The Hall–Kier alpha value is -3.75. The van der Waals surface area contributed by atoms with Crippen LogP contribution in [0.1, 0.15) is 12.8 Å². The van der Waals surface area contributed by atoms with Crippen molar-refractivity contribution in [2.45, 2.75) is 12.8 Å². The van der Waals surface area contributed by atoms with Crippen LogP contribution in [0.25, 0.3) is 16.9 Å². The van der Waals surface area contributed by atoms with Crippen LogP contribution in [0.4, 0.5) is 11.8 Å². The molecule has 0 spiro atoms. The molecule has 4 aromatic rings. The Bertz CT molecular complexity index is 1100. The van der Waals surface area contributed by atoms with E-state index in [0.29, 0.717) is 18.3 Å². The van der Waals surface area contributed by atoms with Crippen molar-refractivity contribution in [3.05, 3.63) is 55.1 Å². The van der Waals surface area contributed by atoms with Gasteiger partial charge in [0.1, 0.15) is 12.1 Å². The quantitative estimate of drug-likeness (QED) is 0.556. The van der Waals surface area contributed by atoms with Gasteiger partial charge in [0.05, 0.1) is 17.0 Å². The largest absolute Gasteiger partial charge is 0.356 e. The van der Waals surface area contributed by atoms with E-state index in [-0.39, 0.29) is 11.8 Å². The molecule has 1 aliphatic rings. The third-order valence-electron chi connectivity index (χ3n) is 5.12. The summed E-state index contributed by atoms with van der Waals surface area (Å²) in [6.07, 6.45) is 6.83. The molecule has 5 rings (SSSR count). The molecule has 4 heterocycles. The Kier molecular flexibility index (Phi) is 4.39. The number of rotatable bonds is 4. The molecule has 9 nitrogen and oxygen atoms in total. The van der Waals surface area contributed by atoms with Gasteiger partial charge in [-0.05, 0) is 31.0 Å². The second-order valence-corrected chi connectivity index (χ2v) is 7.06. The normalized spacial score (nSPS) is 16.8. The average Bonchev–Trinajstić information content (AvgIpc) is 3.43. The van der Waals surface area contributed by atoms with Gasteiger partial charge in [-0.2, -0.15) is 5.10 Å². The van der Waals surface area contributed by atoms with Gasteiger partial charge < -0.3 is 9.88 Å². The number of aromatic nitrogens is 6. The number of anilines is 2. The first-order chi connectivity index (χ1) is 14.3. The summed E-state index contributed by atoms with van der Waals surface area (Å²) in [6.45, 7) is 1.45. The van der Waals surface area contributed by atoms with Crippen LogP contribution >= 0.6 is 0 Å². The van der Waals surface area contributed by atoms with Gasteiger partial charge >= 0.3 is 0 Å². The molecule has 3 aromatic heterocycles. The lowest BCUT2D eigenvalue weighted by molar-refractivity contribution is -0.120. The van der Waals surface area contributed by atoms with Crippen molar-refractivity contribution in [3.63, 3.8) is 0 Å². The Labute approximate surface area is 166 Å². The summed E-state index contributed by atoms with van der Waals surface area (Å²) in [5.41, 5.74) is 1.74. The van der Waals surface area contributed by atoms with Gasteiger partial charge in [0.2, 0.25) is 11.9 Å². The van der Waals surface area contributed by atoms with Crippen molar-refractivity contribution in [3.8, 4) is 5.82 Å². The summed E-state index contributed by atoms with van der Waals surface area (Å²) in [6, 6.07) is 11.5. The first-order valence-corrected chi connectivity index (χ1v) is 9.59. The van der Waals surface area contributed by atoms with Crippen molar-refractivity contribution in [1.29, 1.82) is 0 Å². The van der Waals surface area contributed by atoms with E-state index in [1.165, 1.54) is 6.33 Å². The maximum absolute atomic E-state index is 12.8. The maximum Gasteiger partial charge on any atom is 0.231 e. The highest BCUT2D eigenvalue weighted by molar-refractivity contribution is 5.93. The monoisotopic (exact) mass is 388 g/mol. The number of aromatic amines is 1. The third kappa shape index (κ3) is 3.54. The number of amides is 1.